The molecule has 1 rings (SSSR count). The standard InChI is InChI=1S/C13H15F2NO2/c1-9(17)3-6-13(18)16(2)8-10-4-5-11(14)7-12(10)15/h4-5,7H,3,6,8H2,1-2H3. The van der Waals surface area contributed by atoms with E-state index in [4.69, 9.17) is 0 Å². The minimum atomic E-state index is -0.679. The number of amides is 1. The highest BCUT2D eigenvalue weighted by Crippen LogP contribution is 2.12. The maximum atomic E-state index is 13.4. The van der Waals surface area contributed by atoms with Gasteiger partial charge in [-0.25, -0.2) is 8.78 Å². The molecule has 0 spiro atoms. The van der Waals surface area contributed by atoms with Crippen LogP contribution in [0.1, 0.15) is 25.3 Å². The molecule has 1 amide bonds. The lowest BCUT2D eigenvalue weighted by molar-refractivity contribution is -0.132. The zero-order chi connectivity index (χ0) is 13.7. The van der Waals surface area contributed by atoms with Gasteiger partial charge in [0.05, 0.1) is 0 Å². The van der Waals surface area contributed by atoms with Crippen molar-refractivity contribution in [1.29, 1.82) is 0 Å². The van der Waals surface area contributed by atoms with Crippen molar-refractivity contribution in [3.8, 4) is 0 Å². The van der Waals surface area contributed by atoms with Crippen LogP contribution in [-0.4, -0.2) is 23.6 Å². The summed E-state index contributed by atoms with van der Waals surface area (Å²) in [5.41, 5.74) is 0.245. The van der Waals surface area contributed by atoms with Gasteiger partial charge in [0.15, 0.2) is 0 Å². The van der Waals surface area contributed by atoms with E-state index in [0.717, 1.165) is 12.1 Å². The Kier molecular flexibility index (Phi) is 4.95. The molecular formula is C13H15F2NO2. The van der Waals surface area contributed by atoms with E-state index >= 15 is 0 Å². The average molecular weight is 255 g/mol. The van der Waals surface area contributed by atoms with Crippen LogP contribution in [0.3, 0.4) is 0 Å². The van der Waals surface area contributed by atoms with Gasteiger partial charge in [-0.3, -0.25) is 4.79 Å². The molecule has 0 aliphatic carbocycles. The zero-order valence-corrected chi connectivity index (χ0v) is 10.4. The second-order valence-corrected chi connectivity index (χ2v) is 4.19. The summed E-state index contributed by atoms with van der Waals surface area (Å²) in [7, 11) is 1.52. The van der Waals surface area contributed by atoms with Crippen LogP contribution in [0, 0.1) is 11.6 Å². The van der Waals surface area contributed by atoms with Crippen LogP contribution in [-0.2, 0) is 16.1 Å². The van der Waals surface area contributed by atoms with Gasteiger partial charge in [0.2, 0.25) is 5.91 Å². The molecule has 0 aliphatic heterocycles. The molecule has 0 radical (unpaired) electrons. The first-order valence-electron chi connectivity index (χ1n) is 5.57. The molecular weight excluding hydrogens is 240 g/mol. The van der Waals surface area contributed by atoms with Gasteiger partial charge in [-0.2, -0.15) is 0 Å². The summed E-state index contributed by atoms with van der Waals surface area (Å²) in [5, 5.41) is 0. The highest BCUT2D eigenvalue weighted by atomic mass is 19.1. The molecule has 0 fully saturated rings. The van der Waals surface area contributed by atoms with Crippen LogP contribution in [0.15, 0.2) is 18.2 Å². The molecule has 0 unspecified atom stereocenters. The van der Waals surface area contributed by atoms with E-state index in [2.05, 4.69) is 0 Å². The molecule has 1 aromatic rings. The van der Waals surface area contributed by atoms with Gasteiger partial charge in [0, 0.05) is 38.1 Å². The summed E-state index contributed by atoms with van der Waals surface area (Å²) in [6.07, 6.45) is 0.281. The highest BCUT2D eigenvalue weighted by Gasteiger charge is 2.12. The SMILES string of the molecule is CC(=O)CCC(=O)N(C)Cc1ccc(F)cc1F. The maximum Gasteiger partial charge on any atom is 0.223 e. The van der Waals surface area contributed by atoms with Gasteiger partial charge >= 0.3 is 0 Å². The van der Waals surface area contributed by atoms with Crippen molar-refractivity contribution in [3.05, 3.63) is 35.4 Å². The van der Waals surface area contributed by atoms with Gasteiger partial charge in [-0.1, -0.05) is 6.07 Å². The van der Waals surface area contributed by atoms with E-state index in [-0.39, 0.29) is 36.6 Å². The average Bonchev–Trinajstić information content (AvgIpc) is 2.29. The number of Topliss-reactive ketones (excluding diaryl/α,β-unsaturated/α-hetero) is 1. The molecule has 3 nitrogen and oxygen atoms in total. The van der Waals surface area contributed by atoms with Crippen molar-refractivity contribution in [2.24, 2.45) is 0 Å². The molecule has 5 heteroatoms. The predicted molar refractivity (Wildman–Crippen MR) is 62.7 cm³/mol. The summed E-state index contributed by atoms with van der Waals surface area (Å²) in [6.45, 7) is 1.47. The van der Waals surface area contributed by atoms with Crippen LogP contribution in [0.5, 0.6) is 0 Å². The van der Waals surface area contributed by atoms with E-state index in [1.165, 1.54) is 24.9 Å². The molecule has 0 aromatic heterocycles. The van der Waals surface area contributed by atoms with Gasteiger partial charge in [0.25, 0.3) is 0 Å². The smallest absolute Gasteiger partial charge is 0.223 e. The lowest BCUT2D eigenvalue weighted by Crippen LogP contribution is -2.26. The molecule has 0 heterocycles. The molecule has 0 bridgehead atoms. The number of benzene rings is 1. The van der Waals surface area contributed by atoms with Crippen LogP contribution in [0.4, 0.5) is 8.78 Å². The number of carbonyl (C=O) groups is 2. The lowest BCUT2D eigenvalue weighted by Gasteiger charge is -2.17. The first-order valence-corrected chi connectivity index (χ1v) is 5.57. The van der Waals surface area contributed by atoms with E-state index in [1.54, 1.807) is 0 Å². The number of ketones is 1. The zero-order valence-electron chi connectivity index (χ0n) is 10.4. The fourth-order valence-electron chi connectivity index (χ4n) is 1.47. The van der Waals surface area contributed by atoms with Crippen molar-refractivity contribution in [2.45, 2.75) is 26.3 Å². The molecule has 0 N–H and O–H groups in total. The number of hydrogen-bond donors (Lipinski definition) is 0. The van der Waals surface area contributed by atoms with Crippen molar-refractivity contribution >= 4 is 11.7 Å². The minimum absolute atomic E-state index is 0.0584. The van der Waals surface area contributed by atoms with Gasteiger partial charge < -0.3 is 9.69 Å². The van der Waals surface area contributed by atoms with Crippen LogP contribution >= 0.6 is 0 Å². The Labute approximate surface area is 104 Å². The van der Waals surface area contributed by atoms with Crippen LogP contribution in [0.2, 0.25) is 0 Å². The number of carbonyl (C=O) groups excluding carboxylic acids is 2. The van der Waals surface area contributed by atoms with Gasteiger partial charge in [0.1, 0.15) is 17.4 Å². The Morgan fingerprint density at radius 1 is 1.22 bits per heavy atom. The Morgan fingerprint density at radius 2 is 1.89 bits per heavy atom. The maximum absolute atomic E-state index is 13.4. The van der Waals surface area contributed by atoms with Crippen molar-refractivity contribution < 1.29 is 18.4 Å². The normalized spacial score (nSPS) is 10.2. The summed E-state index contributed by atoms with van der Waals surface area (Å²) in [5.74, 6) is -1.64. The molecule has 0 aliphatic rings. The van der Waals surface area contributed by atoms with E-state index in [1.807, 2.05) is 0 Å². The number of rotatable bonds is 5. The van der Waals surface area contributed by atoms with Crippen molar-refractivity contribution in [3.63, 3.8) is 0 Å². The Balaban J connectivity index is 2.60. The topological polar surface area (TPSA) is 37.4 Å². The molecule has 98 valence electrons. The Morgan fingerprint density at radius 3 is 2.44 bits per heavy atom. The first-order chi connectivity index (χ1) is 8.40. The first kappa shape index (κ1) is 14.3. The monoisotopic (exact) mass is 255 g/mol. The predicted octanol–water partition coefficient (Wildman–Crippen LogP) is 2.29. The number of halogens is 2. The largest absolute Gasteiger partial charge is 0.341 e. The molecule has 0 atom stereocenters. The Bertz CT molecular complexity index is 460. The quantitative estimate of drug-likeness (QED) is 0.809. The molecule has 18 heavy (non-hydrogen) atoms. The summed E-state index contributed by atoms with van der Waals surface area (Å²) in [4.78, 5) is 23.7. The second-order valence-electron chi connectivity index (χ2n) is 4.19. The third-order valence-electron chi connectivity index (χ3n) is 2.54. The summed E-state index contributed by atoms with van der Waals surface area (Å²) in [6, 6.07) is 3.23. The number of hydrogen-bond acceptors (Lipinski definition) is 2. The third kappa shape index (κ3) is 4.24. The van der Waals surface area contributed by atoms with Gasteiger partial charge in [-0.05, 0) is 13.0 Å². The van der Waals surface area contributed by atoms with E-state index in [9.17, 15) is 18.4 Å². The second kappa shape index (κ2) is 6.23. The van der Waals surface area contributed by atoms with Gasteiger partial charge in [-0.15, -0.1) is 0 Å². The van der Waals surface area contributed by atoms with E-state index < -0.39 is 11.6 Å². The van der Waals surface area contributed by atoms with Crippen LogP contribution in [0.25, 0.3) is 0 Å². The minimum Gasteiger partial charge on any atom is -0.341 e. The fraction of sp³-hybridized carbons (Fsp3) is 0.385. The lowest BCUT2D eigenvalue weighted by atomic mass is 10.1. The van der Waals surface area contributed by atoms with Crippen molar-refractivity contribution in [1.82, 2.24) is 4.90 Å². The van der Waals surface area contributed by atoms with Crippen molar-refractivity contribution in [2.75, 3.05) is 7.05 Å². The highest BCUT2D eigenvalue weighted by molar-refractivity contribution is 5.83. The number of nitrogens with zero attached hydrogens (tertiary/aromatic N) is 1. The molecule has 0 saturated heterocycles. The van der Waals surface area contributed by atoms with Crippen LogP contribution < -0.4 is 0 Å². The van der Waals surface area contributed by atoms with E-state index in [0.29, 0.717) is 0 Å². The fourth-order valence-corrected chi connectivity index (χ4v) is 1.47. The third-order valence-corrected chi connectivity index (χ3v) is 2.54. The molecule has 0 saturated carbocycles. The summed E-state index contributed by atoms with van der Waals surface area (Å²) >= 11 is 0. The molecule has 1 aromatic carbocycles. The summed E-state index contributed by atoms with van der Waals surface area (Å²) < 4.78 is 26.1. The Hall–Kier alpha value is -1.78.